The molecule has 2 saturated heterocycles. The van der Waals surface area contributed by atoms with Gasteiger partial charge in [0.2, 0.25) is 0 Å². The third kappa shape index (κ3) is 2.91. The molecule has 2 aliphatic rings. The smallest absolute Gasteiger partial charge is 0.0727 e. The zero-order valence-corrected chi connectivity index (χ0v) is 10.00. The first-order valence-electron chi connectivity index (χ1n) is 6.19. The number of nitrogens with zero attached hydrogens (tertiary/aromatic N) is 2. The highest BCUT2D eigenvalue weighted by Gasteiger charge is 2.25. The van der Waals surface area contributed by atoms with Gasteiger partial charge in [-0.05, 0) is 13.8 Å². The van der Waals surface area contributed by atoms with Crippen molar-refractivity contribution in [2.75, 3.05) is 45.8 Å². The summed E-state index contributed by atoms with van der Waals surface area (Å²) in [6.45, 7) is 12.7. The standard InChI is InChI=1S/C11H24N4/c1-10(2)14-5-7-15(8-6-14)11-9-12-3-4-13-11/h10-13H,3-9H2,1-2H3. The first-order valence-corrected chi connectivity index (χ1v) is 6.19. The molecule has 0 aromatic rings. The van der Waals surface area contributed by atoms with Crippen molar-refractivity contribution in [1.82, 2.24) is 20.4 Å². The Kier molecular flexibility index (Phi) is 3.97. The summed E-state index contributed by atoms with van der Waals surface area (Å²) in [6, 6.07) is 0.699. The first-order chi connectivity index (χ1) is 7.27. The van der Waals surface area contributed by atoms with Crippen LogP contribution in [0.2, 0.25) is 0 Å². The van der Waals surface area contributed by atoms with Gasteiger partial charge < -0.3 is 5.32 Å². The summed E-state index contributed by atoms with van der Waals surface area (Å²) in [5.41, 5.74) is 0. The van der Waals surface area contributed by atoms with Crippen LogP contribution >= 0.6 is 0 Å². The van der Waals surface area contributed by atoms with Crippen LogP contribution in [0.5, 0.6) is 0 Å². The number of nitrogens with one attached hydrogen (secondary N) is 2. The van der Waals surface area contributed by atoms with Gasteiger partial charge in [0.1, 0.15) is 0 Å². The van der Waals surface area contributed by atoms with Gasteiger partial charge in [-0.2, -0.15) is 0 Å². The third-order valence-electron chi connectivity index (χ3n) is 3.54. The zero-order chi connectivity index (χ0) is 10.7. The largest absolute Gasteiger partial charge is 0.313 e. The van der Waals surface area contributed by atoms with Crippen LogP contribution in [0.3, 0.4) is 0 Å². The van der Waals surface area contributed by atoms with Crippen molar-refractivity contribution >= 4 is 0 Å². The Labute approximate surface area is 93.0 Å². The lowest BCUT2D eigenvalue weighted by molar-refractivity contribution is 0.0603. The summed E-state index contributed by atoms with van der Waals surface area (Å²) in [5, 5.41) is 7.03. The molecule has 4 heteroatoms. The Morgan fingerprint density at radius 2 is 1.80 bits per heavy atom. The van der Waals surface area contributed by atoms with Gasteiger partial charge in [-0.1, -0.05) is 0 Å². The van der Waals surface area contributed by atoms with E-state index in [0.717, 1.165) is 19.6 Å². The van der Waals surface area contributed by atoms with Gasteiger partial charge in [-0.15, -0.1) is 0 Å². The van der Waals surface area contributed by atoms with E-state index in [1.807, 2.05) is 0 Å². The molecular formula is C11H24N4. The lowest BCUT2D eigenvalue weighted by Crippen LogP contribution is -2.61. The Bertz CT molecular complexity index is 181. The number of hydrogen-bond donors (Lipinski definition) is 2. The van der Waals surface area contributed by atoms with E-state index in [9.17, 15) is 0 Å². The highest BCUT2D eigenvalue weighted by atomic mass is 15.4. The zero-order valence-electron chi connectivity index (χ0n) is 10.00. The molecule has 0 amide bonds. The SMILES string of the molecule is CC(C)N1CCN(C2CNCCN2)CC1. The molecule has 2 rings (SSSR count). The van der Waals surface area contributed by atoms with E-state index >= 15 is 0 Å². The summed E-state index contributed by atoms with van der Waals surface area (Å²) in [7, 11) is 0. The van der Waals surface area contributed by atoms with E-state index in [0.29, 0.717) is 12.2 Å². The molecule has 0 radical (unpaired) electrons. The quantitative estimate of drug-likeness (QED) is 0.648. The maximum atomic E-state index is 3.58. The summed E-state index contributed by atoms with van der Waals surface area (Å²) >= 11 is 0. The van der Waals surface area contributed by atoms with Crippen molar-refractivity contribution in [2.24, 2.45) is 0 Å². The lowest BCUT2D eigenvalue weighted by atomic mass is 10.2. The highest BCUT2D eigenvalue weighted by Crippen LogP contribution is 2.08. The van der Waals surface area contributed by atoms with Crippen molar-refractivity contribution in [2.45, 2.75) is 26.1 Å². The fourth-order valence-electron chi connectivity index (χ4n) is 2.46. The molecule has 15 heavy (non-hydrogen) atoms. The normalized spacial score (nSPS) is 31.0. The Morgan fingerprint density at radius 3 is 2.33 bits per heavy atom. The van der Waals surface area contributed by atoms with Crippen molar-refractivity contribution in [3.05, 3.63) is 0 Å². The molecule has 1 unspecified atom stereocenters. The molecule has 2 fully saturated rings. The molecular weight excluding hydrogens is 188 g/mol. The Balaban J connectivity index is 1.77. The van der Waals surface area contributed by atoms with E-state index in [2.05, 4.69) is 34.3 Å². The van der Waals surface area contributed by atoms with Crippen molar-refractivity contribution < 1.29 is 0 Å². The average molecular weight is 212 g/mol. The highest BCUT2D eigenvalue weighted by molar-refractivity contribution is 4.82. The Morgan fingerprint density at radius 1 is 1.07 bits per heavy atom. The summed E-state index contributed by atoms with van der Waals surface area (Å²) < 4.78 is 0. The van der Waals surface area contributed by atoms with Gasteiger partial charge in [-0.25, -0.2) is 0 Å². The lowest BCUT2D eigenvalue weighted by Gasteiger charge is -2.42. The molecule has 88 valence electrons. The molecule has 0 spiro atoms. The van der Waals surface area contributed by atoms with E-state index in [-0.39, 0.29) is 0 Å². The second-order valence-electron chi connectivity index (χ2n) is 4.84. The topological polar surface area (TPSA) is 30.5 Å². The van der Waals surface area contributed by atoms with Gasteiger partial charge in [0, 0.05) is 51.9 Å². The average Bonchev–Trinajstić information content (AvgIpc) is 2.30. The predicted molar refractivity (Wildman–Crippen MR) is 62.9 cm³/mol. The van der Waals surface area contributed by atoms with Crippen LogP contribution < -0.4 is 10.6 Å². The van der Waals surface area contributed by atoms with Crippen LogP contribution in [0.25, 0.3) is 0 Å². The van der Waals surface area contributed by atoms with Gasteiger partial charge >= 0.3 is 0 Å². The number of hydrogen-bond acceptors (Lipinski definition) is 4. The van der Waals surface area contributed by atoms with Crippen LogP contribution in [-0.4, -0.2) is 67.8 Å². The van der Waals surface area contributed by atoms with Crippen LogP contribution in [0, 0.1) is 0 Å². The molecule has 0 aromatic carbocycles. The minimum atomic E-state index is 0.563. The maximum Gasteiger partial charge on any atom is 0.0727 e. The predicted octanol–water partition coefficient (Wildman–Crippen LogP) is -0.469. The molecule has 4 nitrogen and oxygen atoms in total. The monoisotopic (exact) mass is 212 g/mol. The fourth-order valence-corrected chi connectivity index (χ4v) is 2.46. The first kappa shape index (κ1) is 11.3. The molecule has 1 atom stereocenters. The van der Waals surface area contributed by atoms with Crippen LogP contribution in [-0.2, 0) is 0 Å². The number of piperazine rings is 2. The van der Waals surface area contributed by atoms with Gasteiger partial charge in [-0.3, -0.25) is 15.1 Å². The van der Waals surface area contributed by atoms with E-state index in [1.54, 1.807) is 0 Å². The molecule has 2 N–H and O–H groups in total. The second kappa shape index (κ2) is 5.25. The minimum Gasteiger partial charge on any atom is -0.313 e. The molecule has 0 aliphatic carbocycles. The second-order valence-corrected chi connectivity index (χ2v) is 4.84. The van der Waals surface area contributed by atoms with E-state index in [1.165, 1.54) is 26.2 Å². The van der Waals surface area contributed by atoms with Crippen LogP contribution in [0.4, 0.5) is 0 Å². The van der Waals surface area contributed by atoms with Crippen molar-refractivity contribution in [1.29, 1.82) is 0 Å². The molecule has 0 aromatic heterocycles. The molecule has 0 bridgehead atoms. The number of rotatable bonds is 2. The van der Waals surface area contributed by atoms with Crippen LogP contribution in [0.1, 0.15) is 13.8 Å². The molecule has 2 heterocycles. The summed E-state index contributed by atoms with van der Waals surface area (Å²) in [6.07, 6.45) is 0.563. The summed E-state index contributed by atoms with van der Waals surface area (Å²) in [5.74, 6) is 0. The van der Waals surface area contributed by atoms with Gasteiger partial charge in [0.25, 0.3) is 0 Å². The maximum absolute atomic E-state index is 3.58. The van der Waals surface area contributed by atoms with E-state index in [4.69, 9.17) is 0 Å². The van der Waals surface area contributed by atoms with Crippen molar-refractivity contribution in [3.63, 3.8) is 0 Å². The van der Waals surface area contributed by atoms with E-state index < -0.39 is 0 Å². The Hall–Kier alpha value is -0.160. The minimum absolute atomic E-state index is 0.563. The molecule has 2 aliphatic heterocycles. The fraction of sp³-hybridized carbons (Fsp3) is 1.00. The summed E-state index contributed by atoms with van der Waals surface area (Å²) in [4.78, 5) is 5.14. The third-order valence-corrected chi connectivity index (χ3v) is 3.54. The van der Waals surface area contributed by atoms with Gasteiger partial charge in [0.15, 0.2) is 0 Å². The van der Waals surface area contributed by atoms with Crippen molar-refractivity contribution in [3.8, 4) is 0 Å². The van der Waals surface area contributed by atoms with Gasteiger partial charge in [0.05, 0.1) is 6.17 Å². The molecule has 0 saturated carbocycles. The van der Waals surface area contributed by atoms with Crippen LogP contribution in [0.15, 0.2) is 0 Å².